The molecule has 0 bridgehead atoms. The lowest BCUT2D eigenvalue weighted by molar-refractivity contribution is 0.0526. The molecule has 0 unspecified atom stereocenters. The van der Waals surface area contributed by atoms with Crippen LogP contribution in [-0.2, 0) is 4.74 Å². The van der Waals surface area contributed by atoms with Gasteiger partial charge in [0.1, 0.15) is 22.7 Å². The lowest BCUT2D eigenvalue weighted by Gasteiger charge is -2.00. The van der Waals surface area contributed by atoms with E-state index in [1.165, 1.54) is 12.1 Å². The summed E-state index contributed by atoms with van der Waals surface area (Å²) in [5.41, 5.74) is 0.538. The van der Waals surface area contributed by atoms with E-state index in [1.54, 1.807) is 19.9 Å². The van der Waals surface area contributed by atoms with Crippen LogP contribution in [0.2, 0.25) is 0 Å². The first-order chi connectivity index (χ1) is 7.65. The van der Waals surface area contributed by atoms with Crippen molar-refractivity contribution in [3.8, 4) is 0 Å². The van der Waals surface area contributed by atoms with Gasteiger partial charge in [-0.2, -0.15) is 0 Å². The number of furan rings is 1. The molecule has 1 heterocycles. The maximum atomic E-state index is 13.6. The van der Waals surface area contributed by atoms with Gasteiger partial charge in [0.15, 0.2) is 0 Å². The Hall–Kier alpha value is -1.84. The number of carbonyl (C=O) groups is 1. The second kappa shape index (κ2) is 3.96. The third kappa shape index (κ3) is 1.56. The van der Waals surface area contributed by atoms with Gasteiger partial charge in [-0.25, -0.2) is 9.18 Å². The molecular weight excluding hydrogens is 211 g/mol. The van der Waals surface area contributed by atoms with Crippen molar-refractivity contribution in [3.63, 3.8) is 0 Å². The van der Waals surface area contributed by atoms with Crippen LogP contribution in [0.3, 0.4) is 0 Å². The summed E-state index contributed by atoms with van der Waals surface area (Å²) < 4.78 is 23.8. The van der Waals surface area contributed by atoms with Crippen LogP contribution in [0.15, 0.2) is 22.6 Å². The second-order valence-corrected chi connectivity index (χ2v) is 3.37. The molecule has 0 saturated heterocycles. The molecule has 84 valence electrons. The SMILES string of the molecule is CCOC(=O)c1c(C)oc2cccc(F)c12. The minimum absolute atomic E-state index is 0.176. The molecule has 2 rings (SSSR count). The summed E-state index contributed by atoms with van der Waals surface area (Å²) in [6.45, 7) is 3.57. The molecule has 0 aliphatic heterocycles. The average Bonchev–Trinajstić information content (AvgIpc) is 2.56. The number of ether oxygens (including phenoxy) is 1. The largest absolute Gasteiger partial charge is 0.462 e. The van der Waals surface area contributed by atoms with Crippen molar-refractivity contribution in [3.05, 3.63) is 35.3 Å². The van der Waals surface area contributed by atoms with E-state index in [0.29, 0.717) is 11.3 Å². The number of hydrogen-bond acceptors (Lipinski definition) is 3. The van der Waals surface area contributed by atoms with Crippen LogP contribution in [-0.4, -0.2) is 12.6 Å². The number of carbonyl (C=O) groups excluding carboxylic acids is 1. The molecule has 0 aliphatic rings. The fourth-order valence-electron chi connectivity index (χ4n) is 1.67. The fraction of sp³-hybridized carbons (Fsp3) is 0.250. The van der Waals surface area contributed by atoms with Gasteiger partial charge >= 0.3 is 5.97 Å². The fourth-order valence-corrected chi connectivity index (χ4v) is 1.67. The Kier molecular flexibility index (Phi) is 2.64. The Balaban J connectivity index is 2.68. The van der Waals surface area contributed by atoms with Crippen LogP contribution in [0.5, 0.6) is 0 Å². The molecule has 0 atom stereocenters. The quantitative estimate of drug-likeness (QED) is 0.733. The van der Waals surface area contributed by atoms with Crippen LogP contribution in [0, 0.1) is 12.7 Å². The van der Waals surface area contributed by atoms with Crippen molar-refractivity contribution in [2.75, 3.05) is 6.61 Å². The zero-order chi connectivity index (χ0) is 11.7. The van der Waals surface area contributed by atoms with Gasteiger partial charge in [-0.3, -0.25) is 0 Å². The average molecular weight is 222 g/mol. The topological polar surface area (TPSA) is 39.4 Å². The maximum absolute atomic E-state index is 13.6. The Bertz CT molecular complexity index is 542. The van der Waals surface area contributed by atoms with Gasteiger partial charge < -0.3 is 9.15 Å². The Labute approximate surface area is 91.8 Å². The highest BCUT2D eigenvalue weighted by Gasteiger charge is 2.21. The lowest BCUT2D eigenvalue weighted by Crippen LogP contribution is -2.05. The number of fused-ring (bicyclic) bond motifs is 1. The number of benzene rings is 1. The first-order valence-electron chi connectivity index (χ1n) is 5.00. The van der Waals surface area contributed by atoms with Crippen molar-refractivity contribution in [1.82, 2.24) is 0 Å². The van der Waals surface area contributed by atoms with E-state index in [2.05, 4.69) is 0 Å². The summed E-state index contributed by atoms with van der Waals surface area (Å²) in [4.78, 5) is 11.6. The van der Waals surface area contributed by atoms with E-state index >= 15 is 0 Å². The smallest absolute Gasteiger partial charge is 0.342 e. The summed E-state index contributed by atoms with van der Waals surface area (Å²) in [7, 11) is 0. The van der Waals surface area contributed by atoms with Crippen molar-refractivity contribution in [1.29, 1.82) is 0 Å². The number of halogens is 1. The zero-order valence-electron chi connectivity index (χ0n) is 9.04. The summed E-state index contributed by atoms with van der Waals surface area (Å²) in [5.74, 6) is -0.653. The van der Waals surface area contributed by atoms with Gasteiger partial charge in [0.25, 0.3) is 0 Å². The molecule has 0 spiro atoms. The van der Waals surface area contributed by atoms with Crippen molar-refractivity contribution < 1.29 is 18.3 Å². The van der Waals surface area contributed by atoms with E-state index < -0.39 is 11.8 Å². The predicted molar refractivity (Wildman–Crippen MR) is 56.9 cm³/mol. The standard InChI is InChI=1S/C12H11FO3/c1-3-15-12(14)10-7(2)16-9-6-4-5-8(13)11(9)10/h4-6H,3H2,1-2H3. The van der Waals surface area contributed by atoms with Gasteiger partial charge in [-0.05, 0) is 26.0 Å². The summed E-state index contributed by atoms with van der Waals surface area (Å²) in [6, 6.07) is 4.45. The summed E-state index contributed by atoms with van der Waals surface area (Å²) in [5, 5.41) is 0.193. The lowest BCUT2D eigenvalue weighted by atomic mass is 10.1. The highest BCUT2D eigenvalue weighted by atomic mass is 19.1. The molecule has 0 aliphatic carbocycles. The number of aryl methyl sites for hydroxylation is 1. The molecule has 0 N–H and O–H groups in total. The number of esters is 1. The van der Waals surface area contributed by atoms with Crippen LogP contribution < -0.4 is 0 Å². The Morgan fingerprint density at radius 3 is 2.94 bits per heavy atom. The highest BCUT2D eigenvalue weighted by Crippen LogP contribution is 2.28. The molecule has 4 heteroatoms. The zero-order valence-corrected chi connectivity index (χ0v) is 9.04. The van der Waals surface area contributed by atoms with Crippen molar-refractivity contribution in [2.45, 2.75) is 13.8 Å². The molecule has 16 heavy (non-hydrogen) atoms. The Morgan fingerprint density at radius 2 is 2.25 bits per heavy atom. The van der Waals surface area contributed by atoms with Crippen LogP contribution >= 0.6 is 0 Å². The highest BCUT2D eigenvalue weighted by molar-refractivity contribution is 6.04. The van der Waals surface area contributed by atoms with Gasteiger partial charge in [-0.1, -0.05) is 6.07 Å². The molecule has 0 radical (unpaired) electrons. The minimum atomic E-state index is -0.552. The third-order valence-corrected chi connectivity index (χ3v) is 2.32. The number of hydrogen-bond donors (Lipinski definition) is 0. The molecule has 3 nitrogen and oxygen atoms in total. The predicted octanol–water partition coefficient (Wildman–Crippen LogP) is 3.06. The van der Waals surface area contributed by atoms with E-state index in [9.17, 15) is 9.18 Å². The molecule has 1 aromatic heterocycles. The Morgan fingerprint density at radius 1 is 1.50 bits per heavy atom. The molecule has 0 fully saturated rings. The van der Waals surface area contributed by atoms with Gasteiger partial charge in [0.05, 0.1) is 12.0 Å². The first-order valence-corrected chi connectivity index (χ1v) is 5.00. The van der Waals surface area contributed by atoms with Crippen molar-refractivity contribution >= 4 is 16.9 Å². The van der Waals surface area contributed by atoms with Crippen LogP contribution in [0.25, 0.3) is 11.0 Å². The van der Waals surface area contributed by atoms with Gasteiger partial charge in [-0.15, -0.1) is 0 Å². The molecular formula is C12H11FO3. The van der Waals surface area contributed by atoms with E-state index in [4.69, 9.17) is 9.15 Å². The normalized spacial score (nSPS) is 10.7. The van der Waals surface area contributed by atoms with Crippen molar-refractivity contribution in [2.24, 2.45) is 0 Å². The molecule has 0 amide bonds. The second-order valence-electron chi connectivity index (χ2n) is 3.37. The summed E-state index contributed by atoms with van der Waals surface area (Å²) >= 11 is 0. The molecule has 1 aromatic carbocycles. The van der Waals surface area contributed by atoms with Gasteiger partial charge in [0.2, 0.25) is 0 Å². The molecule has 2 aromatic rings. The maximum Gasteiger partial charge on any atom is 0.342 e. The monoisotopic (exact) mass is 222 g/mol. The van der Waals surface area contributed by atoms with Crippen LogP contribution in [0.1, 0.15) is 23.0 Å². The van der Waals surface area contributed by atoms with Gasteiger partial charge in [0, 0.05) is 0 Å². The third-order valence-electron chi connectivity index (χ3n) is 2.32. The minimum Gasteiger partial charge on any atom is -0.462 e. The van der Waals surface area contributed by atoms with E-state index in [0.717, 1.165) is 0 Å². The number of rotatable bonds is 2. The first kappa shape index (κ1) is 10.7. The summed E-state index contributed by atoms with van der Waals surface area (Å²) in [6.07, 6.45) is 0. The van der Waals surface area contributed by atoms with E-state index in [1.807, 2.05) is 0 Å². The van der Waals surface area contributed by atoms with Crippen LogP contribution in [0.4, 0.5) is 4.39 Å². The van der Waals surface area contributed by atoms with E-state index in [-0.39, 0.29) is 17.6 Å². The molecule has 0 saturated carbocycles.